The van der Waals surface area contributed by atoms with Gasteiger partial charge in [0.2, 0.25) is 5.69 Å². The van der Waals surface area contributed by atoms with E-state index in [9.17, 15) is 5.21 Å². The summed E-state index contributed by atoms with van der Waals surface area (Å²) in [5, 5.41) is 11.7. The summed E-state index contributed by atoms with van der Waals surface area (Å²) in [5.74, 6) is 0.689. The Morgan fingerprint density at radius 3 is 2.71 bits per heavy atom. The molecule has 1 aromatic rings. The predicted molar refractivity (Wildman–Crippen MR) is 53.0 cm³/mol. The van der Waals surface area contributed by atoms with Crippen molar-refractivity contribution in [2.45, 2.75) is 27.2 Å². The molecule has 4 nitrogen and oxygen atoms in total. The number of aromatic nitrogens is 2. The van der Waals surface area contributed by atoms with E-state index in [1.165, 1.54) is 13.3 Å². The van der Waals surface area contributed by atoms with Crippen LogP contribution < -0.4 is 9.47 Å². The van der Waals surface area contributed by atoms with Crippen LogP contribution >= 0.6 is 0 Å². The summed E-state index contributed by atoms with van der Waals surface area (Å²) in [4.78, 5) is 4.12. The zero-order valence-electron chi connectivity index (χ0n) is 9.07. The number of hydrogen-bond acceptors (Lipinski definition) is 3. The van der Waals surface area contributed by atoms with Crippen molar-refractivity contribution >= 4 is 0 Å². The van der Waals surface area contributed by atoms with Gasteiger partial charge >= 0.3 is 5.88 Å². The van der Waals surface area contributed by atoms with E-state index >= 15 is 0 Å². The van der Waals surface area contributed by atoms with Crippen LogP contribution in [0.5, 0.6) is 5.88 Å². The Labute approximate surface area is 84.1 Å². The van der Waals surface area contributed by atoms with E-state index in [0.717, 1.165) is 16.8 Å². The molecule has 0 atom stereocenters. The number of nitrogens with zero attached hydrogens (tertiary/aromatic N) is 2. The van der Waals surface area contributed by atoms with Gasteiger partial charge in [-0.25, -0.2) is 4.98 Å². The molecule has 0 bridgehead atoms. The zero-order chi connectivity index (χ0) is 10.7. The minimum absolute atomic E-state index is 0.256. The molecule has 78 valence electrons. The van der Waals surface area contributed by atoms with Gasteiger partial charge < -0.3 is 9.94 Å². The van der Waals surface area contributed by atoms with Gasteiger partial charge in [-0.2, -0.15) is 0 Å². The smallest absolute Gasteiger partial charge is 0.398 e. The monoisotopic (exact) mass is 196 g/mol. The Morgan fingerprint density at radius 2 is 2.21 bits per heavy atom. The van der Waals surface area contributed by atoms with E-state index in [4.69, 9.17) is 4.74 Å². The van der Waals surface area contributed by atoms with E-state index in [0.29, 0.717) is 11.6 Å². The number of hydrogen-bond donors (Lipinski definition) is 0. The van der Waals surface area contributed by atoms with Crippen LogP contribution in [0.4, 0.5) is 0 Å². The Balaban J connectivity index is 3.11. The van der Waals surface area contributed by atoms with Crippen LogP contribution in [0.25, 0.3) is 0 Å². The van der Waals surface area contributed by atoms with E-state index in [-0.39, 0.29) is 5.88 Å². The molecule has 0 saturated carbocycles. The maximum Gasteiger partial charge on any atom is 0.398 e. The van der Waals surface area contributed by atoms with Crippen molar-refractivity contribution in [3.8, 4) is 5.88 Å². The van der Waals surface area contributed by atoms with Crippen LogP contribution in [-0.4, -0.2) is 12.1 Å². The maximum absolute atomic E-state index is 11.7. The average molecular weight is 196 g/mol. The lowest BCUT2D eigenvalue weighted by Crippen LogP contribution is -2.36. The summed E-state index contributed by atoms with van der Waals surface area (Å²) in [5.41, 5.74) is 1.47. The first kappa shape index (κ1) is 10.8. The van der Waals surface area contributed by atoms with Crippen LogP contribution in [0.3, 0.4) is 0 Å². The van der Waals surface area contributed by atoms with Crippen molar-refractivity contribution in [1.29, 1.82) is 0 Å². The van der Waals surface area contributed by atoms with Crippen LogP contribution in [0.1, 0.15) is 25.2 Å². The van der Waals surface area contributed by atoms with Crippen LogP contribution in [0.2, 0.25) is 0 Å². The topological polar surface area (TPSA) is 49.1 Å². The number of rotatable bonds is 3. The summed E-state index contributed by atoms with van der Waals surface area (Å²) in [6.07, 6.45) is 2.17. The lowest BCUT2D eigenvalue weighted by Gasteiger charge is -2.10. The molecule has 14 heavy (non-hydrogen) atoms. The highest BCUT2D eigenvalue weighted by molar-refractivity contribution is 5.08. The van der Waals surface area contributed by atoms with Crippen molar-refractivity contribution in [3.63, 3.8) is 0 Å². The third-order valence-electron chi connectivity index (χ3n) is 2.04. The highest BCUT2D eigenvalue weighted by atomic mass is 16.5. The summed E-state index contributed by atoms with van der Waals surface area (Å²) >= 11 is 0. The summed E-state index contributed by atoms with van der Waals surface area (Å²) < 4.78 is 5.73. The SMILES string of the molecule is COc1cnc(C)c(CC(C)C)[n+]1[O-]. The predicted octanol–water partition coefficient (Wildman–Crippen LogP) is 1.23. The van der Waals surface area contributed by atoms with Gasteiger partial charge in [0.1, 0.15) is 11.9 Å². The van der Waals surface area contributed by atoms with Crippen LogP contribution in [0, 0.1) is 18.0 Å². The molecular weight excluding hydrogens is 180 g/mol. The zero-order valence-corrected chi connectivity index (χ0v) is 9.07. The van der Waals surface area contributed by atoms with Crippen molar-refractivity contribution in [3.05, 3.63) is 22.8 Å². The molecule has 0 aromatic carbocycles. The Bertz CT molecular complexity index is 324. The normalized spacial score (nSPS) is 10.6. The average Bonchev–Trinajstić information content (AvgIpc) is 2.12. The molecule has 1 rings (SSSR count). The quantitative estimate of drug-likeness (QED) is 0.539. The lowest BCUT2D eigenvalue weighted by atomic mass is 10.1. The van der Waals surface area contributed by atoms with Gasteiger partial charge in [0.05, 0.1) is 7.11 Å². The van der Waals surface area contributed by atoms with Crippen LogP contribution in [0.15, 0.2) is 6.20 Å². The van der Waals surface area contributed by atoms with Gasteiger partial charge in [0, 0.05) is 6.42 Å². The minimum atomic E-state index is 0.256. The molecule has 1 heterocycles. The van der Waals surface area contributed by atoms with Crippen molar-refractivity contribution in [2.75, 3.05) is 7.11 Å². The maximum atomic E-state index is 11.7. The highest BCUT2D eigenvalue weighted by Crippen LogP contribution is 2.10. The molecule has 0 radical (unpaired) electrons. The third kappa shape index (κ3) is 2.13. The standard InChI is InChI=1S/C10H16N2O2/c1-7(2)5-9-8(3)11-6-10(14-4)12(9)13/h6-7H,5H2,1-4H3. The second-order valence-corrected chi connectivity index (χ2v) is 3.73. The Morgan fingerprint density at radius 1 is 1.57 bits per heavy atom. The number of ether oxygens (including phenoxy) is 1. The molecule has 0 saturated heterocycles. The molecular formula is C10H16N2O2. The first-order chi connectivity index (χ1) is 6.56. The molecule has 0 spiro atoms. The van der Waals surface area contributed by atoms with Gasteiger partial charge in [0.15, 0.2) is 0 Å². The minimum Gasteiger partial charge on any atom is -0.616 e. The first-order valence-corrected chi connectivity index (χ1v) is 4.68. The fourth-order valence-electron chi connectivity index (χ4n) is 1.31. The molecule has 0 fully saturated rings. The van der Waals surface area contributed by atoms with Crippen molar-refractivity contribution < 1.29 is 9.47 Å². The Hall–Kier alpha value is -1.32. The van der Waals surface area contributed by atoms with Gasteiger partial charge in [-0.15, -0.1) is 4.73 Å². The van der Waals surface area contributed by atoms with E-state index in [1.807, 2.05) is 6.92 Å². The number of aryl methyl sites for hydroxylation is 1. The van der Waals surface area contributed by atoms with Gasteiger partial charge in [-0.05, 0) is 12.8 Å². The number of methoxy groups -OCH3 is 1. The molecule has 0 aliphatic carbocycles. The Kier molecular flexibility index (Phi) is 3.28. The second kappa shape index (κ2) is 4.26. The molecule has 4 heteroatoms. The van der Waals surface area contributed by atoms with E-state index < -0.39 is 0 Å². The molecule has 0 aliphatic rings. The molecule has 0 N–H and O–H groups in total. The van der Waals surface area contributed by atoms with Gasteiger partial charge in [-0.1, -0.05) is 13.8 Å². The highest BCUT2D eigenvalue weighted by Gasteiger charge is 2.17. The molecule has 0 amide bonds. The molecule has 0 unspecified atom stereocenters. The molecule has 0 aliphatic heterocycles. The fourth-order valence-corrected chi connectivity index (χ4v) is 1.31. The summed E-state index contributed by atoms with van der Waals surface area (Å²) in [7, 11) is 1.47. The van der Waals surface area contributed by atoms with Crippen molar-refractivity contribution in [1.82, 2.24) is 4.98 Å². The lowest BCUT2D eigenvalue weighted by molar-refractivity contribution is -0.621. The first-order valence-electron chi connectivity index (χ1n) is 4.68. The van der Waals surface area contributed by atoms with E-state index in [1.54, 1.807) is 0 Å². The van der Waals surface area contributed by atoms with E-state index in [2.05, 4.69) is 18.8 Å². The summed E-state index contributed by atoms with van der Waals surface area (Å²) in [6.45, 7) is 5.98. The fraction of sp³-hybridized carbons (Fsp3) is 0.600. The molecule has 1 aromatic heterocycles. The third-order valence-corrected chi connectivity index (χ3v) is 2.04. The van der Waals surface area contributed by atoms with Gasteiger partial charge in [-0.3, -0.25) is 0 Å². The summed E-state index contributed by atoms with van der Waals surface area (Å²) in [6, 6.07) is 0. The second-order valence-electron chi connectivity index (χ2n) is 3.73. The van der Waals surface area contributed by atoms with Crippen molar-refractivity contribution in [2.24, 2.45) is 5.92 Å². The largest absolute Gasteiger partial charge is 0.616 e. The van der Waals surface area contributed by atoms with Crippen LogP contribution in [-0.2, 0) is 6.42 Å². The van der Waals surface area contributed by atoms with Gasteiger partial charge in [0.25, 0.3) is 0 Å².